The highest BCUT2D eigenvalue weighted by Gasteiger charge is 2.85. The molecule has 0 aromatic heterocycles. The van der Waals surface area contributed by atoms with Gasteiger partial charge in [0.25, 0.3) is 0 Å². The van der Waals surface area contributed by atoms with Gasteiger partial charge in [-0.1, -0.05) is 80.1 Å². The van der Waals surface area contributed by atoms with Gasteiger partial charge in [0.15, 0.2) is 17.3 Å². The smallest absolute Gasteiger partial charge is 0.237 e. The first-order chi connectivity index (χ1) is 26.4. The molecule has 0 bridgehead atoms. The van der Waals surface area contributed by atoms with Gasteiger partial charge in [-0.15, -0.1) is 0 Å². The molecule has 6 fully saturated rings. The fraction of sp³-hybridized carbons (Fsp3) is 0.894. The maximum absolute atomic E-state index is 15.3. The first-order valence-electron chi connectivity index (χ1n) is 23.0. The number of fused-ring (bicyclic) bond motifs is 1. The molecular formula is C47H77N3O6. The number of ketones is 3. The first kappa shape index (κ1) is 43.4. The van der Waals surface area contributed by atoms with Gasteiger partial charge < -0.3 is 15.3 Å². The fourth-order valence-corrected chi connectivity index (χ4v) is 12.6. The number of hydrogen-bond acceptors (Lipinski definition) is 7. The highest BCUT2D eigenvalue weighted by atomic mass is 16.3. The van der Waals surface area contributed by atoms with E-state index in [0.29, 0.717) is 31.7 Å². The second-order valence-corrected chi connectivity index (χ2v) is 21.4. The normalized spacial score (nSPS) is 29.8. The molecule has 7 atom stereocenters. The van der Waals surface area contributed by atoms with Crippen LogP contribution in [0, 0.1) is 45.3 Å². The molecule has 316 valence electrons. The van der Waals surface area contributed by atoms with Crippen molar-refractivity contribution in [3.05, 3.63) is 0 Å². The van der Waals surface area contributed by atoms with Crippen molar-refractivity contribution in [1.29, 1.82) is 0 Å². The minimum atomic E-state index is -1.16. The standard InChI is InChI=1S/C47H77N3O6/c1-9-16-33(41(54)39(53)25-31-20-21-31)26-37(51)36-28-47(45(7,8)46(47)22-15-23-46)29-50(36)43(56)34(44(4,5)6)27-38(52)40(32-17-11-10-12-18-32)48-42(55)35-19-13-14-24-49(35)30(2)3/h30-36,40-41,54H,9-29H2,1-8H3,(H,48,55)/t33-,34-,35+,36+,40+,41?,47-/m1/s1. The number of carbonyl (C=O) groups excluding carboxylic acids is 5. The number of amides is 2. The number of aliphatic hydroxyl groups excluding tert-OH is 1. The van der Waals surface area contributed by atoms with Gasteiger partial charge in [-0.05, 0) is 119 Å². The Kier molecular flexibility index (Phi) is 13.1. The third-order valence-electron chi connectivity index (χ3n) is 16.6. The van der Waals surface area contributed by atoms with Crippen LogP contribution in [0.2, 0.25) is 0 Å². The number of nitrogens with one attached hydrogen (secondary N) is 1. The molecule has 9 nitrogen and oxygen atoms in total. The molecular weight excluding hydrogens is 703 g/mol. The summed E-state index contributed by atoms with van der Waals surface area (Å²) in [6, 6.07) is -1.30. The van der Waals surface area contributed by atoms with Crippen LogP contribution < -0.4 is 5.32 Å². The van der Waals surface area contributed by atoms with E-state index in [1.54, 1.807) is 0 Å². The van der Waals surface area contributed by atoms with Crippen molar-refractivity contribution in [2.75, 3.05) is 13.1 Å². The summed E-state index contributed by atoms with van der Waals surface area (Å²) in [6.45, 7) is 18.4. The number of nitrogens with zero attached hydrogens (tertiary/aromatic N) is 2. The van der Waals surface area contributed by atoms with Crippen molar-refractivity contribution in [3.8, 4) is 0 Å². The van der Waals surface area contributed by atoms with E-state index in [9.17, 15) is 24.3 Å². The number of hydrogen-bond donors (Lipinski definition) is 2. The van der Waals surface area contributed by atoms with Gasteiger partial charge >= 0.3 is 0 Å². The van der Waals surface area contributed by atoms with Crippen molar-refractivity contribution in [1.82, 2.24) is 15.1 Å². The molecule has 1 unspecified atom stereocenters. The molecule has 2 heterocycles. The number of aliphatic hydroxyl groups is 1. The lowest BCUT2D eigenvalue weighted by molar-refractivity contribution is -0.147. The van der Waals surface area contributed by atoms with Crippen LogP contribution in [0.4, 0.5) is 0 Å². The predicted octanol–water partition coefficient (Wildman–Crippen LogP) is 7.84. The average molecular weight is 780 g/mol. The molecule has 6 rings (SSSR count). The zero-order valence-electron chi connectivity index (χ0n) is 36.4. The molecule has 2 aliphatic heterocycles. The number of piperidine rings is 1. The van der Waals surface area contributed by atoms with Crippen LogP contribution in [0.3, 0.4) is 0 Å². The van der Waals surface area contributed by atoms with Crippen molar-refractivity contribution in [2.24, 2.45) is 45.3 Å². The first-order valence-corrected chi connectivity index (χ1v) is 23.0. The van der Waals surface area contributed by atoms with E-state index in [2.05, 4.69) is 37.9 Å². The summed E-state index contributed by atoms with van der Waals surface area (Å²) in [7, 11) is 0. The molecule has 2 spiro atoms. The number of Topliss-reactive ketones (excluding diaryl/α,β-unsaturated/α-hetero) is 3. The molecule has 6 aliphatic rings. The Hall–Kier alpha value is -2.13. The predicted molar refractivity (Wildman–Crippen MR) is 220 cm³/mol. The monoisotopic (exact) mass is 780 g/mol. The molecule has 0 radical (unpaired) electrons. The Morgan fingerprint density at radius 3 is 2.04 bits per heavy atom. The largest absolute Gasteiger partial charge is 0.385 e. The number of rotatable bonds is 17. The highest BCUT2D eigenvalue weighted by molar-refractivity contribution is 5.96. The van der Waals surface area contributed by atoms with Crippen molar-refractivity contribution in [3.63, 3.8) is 0 Å². The topological polar surface area (TPSA) is 124 Å². The van der Waals surface area contributed by atoms with Crippen LogP contribution in [-0.4, -0.2) is 87.4 Å². The van der Waals surface area contributed by atoms with Crippen LogP contribution in [0.1, 0.15) is 177 Å². The van der Waals surface area contributed by atoms with E-state index in [-0.39, 0.29) is 76.3 Å². The zero-order valence-corrected chi connectivity index (χ0v) is 36.4. The molecule has 2 amide bonds. The van der Waals surface area contributed by atoms with E-state index < -0.39 is 35.4 Å². The molecule has 9 heteroatoms. The van der Waals surface area contributed by atoms with Gasteiger partial charge in [0.2, 0.25) is 11.8 Å². The SMILES string of the molecule is CCC[C@H](CC(=O)[C@@H]1C[C@@]2(CN1C(=O)[C@@H](CC(=O)[C@@H](NC(=O)[C@@H]1CCCCN1C(C)C)C1CCCCC1)C(C)(C)C)C(C)(C)C21CCC1)C(O)C(=O)CC1CC1. The summed E-state index contributed by atoms with van der Waals surface area (Å²) in [4.78, 5) is 76.0. The molecule has 0 aromatic carbocycles. The Labute approximate surface area is 338 Å². The van der Waals surface area contributed by atoms with Crippen LogP contribution in [0.25, 0.3) is 0 Å². The van der Waals surface area contributed by atoms with Crippen molar-refractivity contribution >= 4 is 29.2 Å². The summed E-state index contributed by atoms with van der Waals surface area (Å²) in [5, 5.41) is 14.6. The quantitative estimate of drug-likeness (QED) is 0.154. The summed E-state index contributed by atoms with van der Waals surface area (Å²) < 4.78 is 0. The van der Waals surface area contributed by atoms with E-state index in [4.69, 9.17) is 0 Å². The van der Waals surface area contributed by atoms with E-state index in [1.807, 2.05) is 32.6 Å². The van der Waals surface area contributed by atoms with Gasteiger partial charge in [0.05, 0.1) is 18.1 Å². The van der Waals surface area contributed by atoms with E-state index in [0.717, 1.165) is 96.4 Å². The number of carbonyl (C=O) groups is 5. The third-order valence-corrected chi connectivity index (χ3v) is 16.6. The lowest BCUT2D eigenvalue weighted by Gasteiger charge is -2.40. The van der Waals surface area contributed by atoms with Crippen LogP contribution in [0.5, 0.6) is 0 Å². The Morgan fingerprint density at radius 1 is 0.821 bits per heavy atom. The second-order valence-electron chi connectivity index (χ2n) is 21.4. The van der Waals surface area contributed by atoms with E-state index >= 15 is 4.79 Å². The second kappa shape index (κ2) is 16.9. The Balaban J connectivity index is 1.25. The third kappa shape index (κ3) is 8.21. The molecule has 2 N–H and O–H groups in total. The zero-order chi connectivity index (χ0) is 40.8. The molecule has 0 aromatic rings. The lowest BCUT2D eigenvalue weighted by atomic mass is 9.73. The van der Waals surface area contributed by atoms with Gasteiger partial charge in [-0.3, -0.25) is 28.9 Å². The maximum atomic E-state index is 15.3. The molecule has 56 heavy (non-hydrogen) atoms. The lowest BCUT2D eigenvalue weighted by Crippen LogP contribution is -2.57. The summed E-state index contributed by atoms with van der Waals surface area (Å²) in [5.74, 6) is -1.20. The highest BCUT2D eigenvalue weighted by Crippen LogP contribution is 2.88. The summed E-state index contributed by atoms with van der Waals surface area (Å²) in [6.07, 6.45) is 14.5. The fourth-order valence-electron chi connectivity index (χ4n) is 12.6. The minimum Gasteiger partial charge on any atom is -0.385 e. The molecule has 4 aliphatic carbocycles. The van der Waals surface area contributed by atoms with Crippen LogP contribution in [0.15, 0.2) is 0 Å². The van der Waals surface area contributed by atoms with Crippen molar-refractivity contribution in [2.45, 2.75) is 208 Å². The summed E-state index contributed by atoms with van der Waals surface area (Å²) >= 11 is 0. The van der Waals surface area contributed by atoms with Gasteiger partial charge in [0, 0.05) is 43.2 Å². The molecule has 4 saturated carbocycles. The molecule has 2 saturated heterocycles. The summed E-state index contributed by atoms with van der Waals surface area (Å²) in [5.41, 5.74) is -0.635. The van der Waals surface area contributed by atoms with Gasteiger partial charge in [-0.25, -0.2) is 0 Å². The van der Waals surface area contributed by atoms with Gasteiger partial charge in [-0.2, -0.15) is 0 Å². The Bertz CT molecular complexity index is 1470. The maximum Gasteiger partial charge on any atom is 0.237 e. The minimum absolute atomic E-state index is 0.0131. The number of likely N-dealkylation sites (tertiary alicyclic amines) is 2. The van der Waals surface area contributed by atoms with Crippen LogP contribution in [-0.2, 0) is 24.0 Å². The average Bonchev–Trinajstić information content (AvgIpc) is 3.96. The van der Waals surface area contributed by atoms with Gasteiger partial charge in [0.1, 0.15) is 6.10 Å². The van der Waals surface area contributed by atoms with Crippen molar-refractivity contribution < 1.29 is 29.1 Å². The van der Waals surface area contributed by atoms with E-state index in [1.165, 1.54) is 0 Å². The van der Waals surface area contributed by atoms with Crippen LogP contribution >= 0.6 is 0 Å². The Morgan fingerprint density at radius 2 is 1.48 bits per heavy atom.